The fourth-order valence-electron chi connectivity index (χ4n) is 2.19. The van der Waals surface area contributed by atoms with Gasteiger partial charge >= 0.3 is 0 Å². The lowest BCUT2D eigenvalue weighted by atomic mass is 10.1. The van der Waals surface area contributed by atoms with Gasteiger partial charge in [0.05, 0.1) is 6.42 Å². The Morgan fingerprint density at radius 1 is 1.04 bits per heavy atom. The van der Waals surface area contributed by atoms with E-state index in [1.54, 1.807) is 25.1 Å². The van der Waals surface area contributed by atoms with Gasteiger partial charge in [-0.2, -0.15) is 0 Å². The number of amides is 1. The molecule has 7 nitrogen and oxygen atoms in total. The van der Waals surface area contributed by atoms with Crippen molar-refractivity contribution in [2.45, 2.75) is 20.3 Å². The molecule has 1 amide bonds. The molecule has 1 aromatic carbocycles. The molecule has 2 N–H and O–H groups in total. The van der Waals surface area contributed by atoms with Crippen LogP contribution in [0.15, 0.2) is 47.0 Å². The number of hydrogen-bond donors (Lipinski definition) is 2. The van der Waals surface area contributed by atoms with Crippen molar-refractivity contribution in [3.05, 3.63) is 59.4 Å². The summed E-state index contributed by atoms with van der Waals surface area (Å²) < 4.78 is 4.96. The third-order valence-corrected chi connectivity index (χ3v) is 3.43. The Bertz CT molecular complexity index is 842. The normalized spacial score (nSPS) is 10.4. The summed E-state index contributed by atoms with van der Waals surface area (Å²) in [6.07, 6.45) is 0.298. The van der Waals surface area contributed by atoms with Gasteiger partial charge in [-0.1, -0.05) is 29.4 Å². The molecule has 2 heterocycles. The molecule has 0 atom stereocenters. The largest absolute Gasteiger partial charge is 0.360 e. The molecule has 7 heteroatoms. The predicted molar refractivity (Wildman–Crippen MR) is 90.1 cm³/mol. The van der Waals surface area contributed by atoms with Crippen molar-refractivity contribution in [1.82, 2.24) is 15.4 Å². The number of aryl methyl sites for hydroxylation is 2. The number of nitrogens with zero attached hydrogens (tertiary/aromatic N) is 3. The molecular weight excluding hydrogens is 306 g/mol. The maximum atomic E-state index is 12.1. The van der Waals surface area contributed by atoms with E-state index < -0.39 is 0 Å². The smallest absolute Gasteiger partial charge is 0.230 e. The zero-order valence-corrected chi connectivity index (χ0v) is 13.4. The molecule has 0 radical (unpaired) electrons. The Morgan fingerprint density at radius 2 is 1.79 bits per heavy atom. The number of hydrogen-bond acceptors (Lipinski definition) is 6. The summed E-state index contributed by atoms with van der Waals surface area (Å²) in [5, 5.41) is 17.5. The lowest BCUT2D eigenvalue weighted by Crippen LogP contribution is -2.16. The summed E-state index contributed by atoms with van der Waals surface area (Å²) >= 11 is 0. The van der Waals surface area contributed by atoms with Crippen LogP contribution < -0.4 is 10.6 Å². The van der Waals surface area contributed by atoms with Gasteiger partial charge in [-0.25, -0.2) is 0 Å². The van der Waals surface area contributed by atoms with Crippen molar-refractivity contribution in [2.24, 2.45) is 0 Å². The quantitative estimate of drug-likeness (QED) is 0.750. The van der Waals surface area contributed by atoms with Crippen LogP contribution in [-0.2, 0) is 11.2 Å². The second kappa shape index (κ2) is 6.91. The number of carbonyl (C=O) groups excluding carboxylic acids is 1. The van der Waals surface area contributed by atoms with Gasteiger partial charge in [-0.3, -0.25) is 4.79 Å². The van der Waals surface area contributed by atoms with Gasteiger partial charge < -0.3 is 15.2 Å². The fraction of sp³-hybridized carbons (Fsp3) is 0.176. The lowest BCUT2D eigenvalue weighted by Gasteiger charge is -2.07. The zero-order valence-electron chi connectivity index (χ0n) is 13.4. The van der Waals surface area contributed by atoms with E-state index in [1.165, 1.54) is 0 Å². The Morgan fingerprint density at radius 3 is 2.46 bits per heavy atom. The Hall–Kier alpha value is -3.22. The summed E-state index contributed by atoms with van der Waals surface area (Å²) in [6, 6.07) is 12.9. The maximum Gasteiger partial charge on any atom is 0.230 e. The molecule has 0 spiro atoms. The molecule has 24 heavy (non-hydrogen) atoms. The average molecular weight is 323 g/mol. The standard InChI is InChI=1S/C17H17N5O2/c1-11-5-3-4-6-13(11)10-17(23)19-15-8-7-14(20-21-15)18-16-9-12(2)24-22-16/h3-9H,10H2,1-2H3,(H,18,20,22)(H,19,21,23). The molecule has 0 aliphatic heterocycles. The Labute approximate surface area is 139 Å². The van der Waals surface area contributed by atoms with Gasteiger partial charge in [-0.05, 0) is 37.1 Å². The van der Waals surface area contributed by atoms with Crippen LogP contribution in [0.4, 0.5) is 17.5 Å². The first-order chi connectivity index (χ1) is 11.6. The molecule has 0 saturated carbocycles. The first-order valence-electron chi connectivity index (χ1n) is 7.48. The third kappa shape index (κ3) is 3.95. The van der Waals surface area contributed by atoms with Crippen molar-refractivity contribution >= 4 is 23.4 Å². The van der Waals surface area contributed by atoms with Crippen LogP contribution in [0.2, 0.25) is 0 Å². The van der Waals surface area contributed by atoms with E-state index in [0.29, 0.717) is 29.6 Å². The van der Waals surface area contributed by atoms with Crippen molar-refractivity contribution in [3.8, 4) is 0 Å². The first kappa shape index (κ1) is 15.7. The lowest BCUT2D eigenvalue weighted by molar-refractivity contribution is -0.115. The number of aromatic nitrogens is 3. The third-order valence-electron chi connectivity index (χ3n) is 3.43. The van der Waals surface area contributed by atoms with Crippen LogP contribution in [0.5, 0.6) is 0 Å². The van der Waals surface area contributed by atoms with E-state index in [0.717, 1.165) is 11.1 Å². The van der Waals surface area contributed by atoms with Gasteiger partial charge in [0.15, 0.2) is 17.5 Å². The second-order valence-electron chi connectivity index (χ2n) is 5.40. The number of carbonyl (C=O) groups is 1. The molecule has 0 saturated heterocycles. The van der Waals surface area contributed by atoms with Crippen LogP contribution in [-0.4, -0.2) is 21.3 Å². The van der Waals surface area contributed by atoms with Crippen molar-refractivity contribution in [2.75, 3.05) is 10.6 Å². The minimum absolute atomic E-state index is 0.133. The minimum Gasteiger partial charge on any atom is -0.360 e. The second-order valence-corrected chi connectivity index (χ2v) is 5.40. The van der Waals surface area contributed by atoms with E-state index in [4.69, 9.17) is 4.52 Å². The molecule has 2 aromatic heterocycles. The van der Waals surface area contributed by atoms with E-state index in [-0.39, 0.29) is 5.91 Å². The highest BCUT2D eigenvalue weighted by Crippen LogP contribution is 2.15. The minimum atomic E-state index is -0.133. The molecule has 0 bridgehead atoms. The van der Waals surface area contributed by atoms with Crippen LogP contribution in [0, 0.1) is 13.8 Å². The first-order valence-corrected chi connectivity index (χ1v) is 7.48. The summed E-state index contributed by atoms with van der Waals surface area (Å²) in [5.41, 5.74) is 2.07. The summed E-state index contributed by atoms with van der Waals surface area (Å²) in [6.45, 7) is 3.78. The summed E-state index contributed by atoms with van der Waals surface area (Å²) in [5.74, 6) is 2.03. The number of nitrogens with one attached hydrogen (secondary N) is 2. The molecule has 122 valence electrons. The molecule has 0 fully saturated rings. The molecular formula is C17H17N5O2. The maximum absolute atomic E-state index is 12.1. The molecule has 0 unspecified atom stereocenters. The Kier molecular flexibility index (Phi) is 4.51. The number of anilines is 3. The molecule has 0 aliphatic rings. The molecule has 3 rings (SSSR count). The summed E-state index contributed by atoms with van der Waals surface area (Å²) in [7, 11) is 0. The molecule has 3 aromatic rings. The van der Waals surface area contributed by atoms with Gasteiger partial charge in [-0.15, -0.1) is 10.2 Å². The highest BCUT2D eigenvalue weighted by molar-refractivity contribution is 5.91. The average Bonchev–Trinajstić information content (AvgIpc) is 2.96. The van der Waals surface area contributed by atoms with E-state index in [9.17, 15) is 4.79 Å². The van der Waals surface area contributed by atoms with Crippen molar-refractivity contribution < 1.29 is 9.32 Å². The van der Waals surface area contributed by atoms with Crippen molar-refractivity contribution in [3.63, 3.8) is 0 Å². The van der Waals surface area contributed by atoms with Crippen LogP contribution in [0.25, 0.3) is 0 Å². The SMILES string of the molecule is Cc1cc(Nc2ccc(NC(=O)Cc3ccccc3C)nn2)no1. The van der Waals surface area contributed by atoms with Crippen LogP contribution in [0.3, 0.4) is 0 Å². The molecule has 0 aliphatic carbocycles. The number of benzene rings is 1. The van der Waals surface area contributed by atoms with Gasteiger partial charge in [0.1, 0.15) is 5.76 Å². The highest BCUT2D eigenvalue weighted by Gasteiger charge is 2.08. The van der Waals surface area contributed by atoms with Gasteiger partial charge in [0, 0.05) is 6.07 Å². The van der Waals surface area contributed by atoms with E-state index in [1.807, 2.05) is 31.2 Å². The van der Waals surface area contributed by atoms with Crippen molar-refractivity contribution in [1.29, 1.82) is 0 Å². The Balaban J connectivity index is 1.59. The predicted octanol–water partition coefficient (Wildman–Crippen LogP) is 3.01. The number of rotatable bonds is 5. The monoisotopic (exact) mass is 323 g/mol. The zero-order chi connectivity index (χ0) is 16.9. The van der Waals surface area contributed by atoms with Gasteiger partial charge in [0.2, 0.25) is 5.91 Å². The van der Waals surface area contributed by atoms with E-state index >= 15 is 0 Å². The summed E-state index contributed by atoms with van der Waals surface area (Å²) in [4.78, 5) is 12.1. The highest BCUT2D eigenvalue weighted by atomic mass is 16.5. The van der Waals surface area contributed by atoms with E-state index in [2.05, 4.69) is 26.0 Å². The van der Waals surface area contributed by atoms with Crippen LogP contribution >= 0.6 is 0 Å². The van der Waals surface area contributed by atoms with Crippen LogP contribution in [0.1, 0.15) is 16.9 Å². The topological polar surface area (TPSA) is 92.9 Å². The van der Waals surface area contributed by atoms with Gasteiger partial charge in [0.25, 0.3) is 0 Å². The fourth-order valence-corrected chi connectivity index (χ4v) is 2.19.